The van der Waals surface area contributed by atoms with Gasteiger partial charge in [0.05, 0.1) is 0 Å². The molecule has 1 unspecified atom stereocenters. The molecule has 1 atom stereocenters. The number of likely N-dealkylation sites (N-methyl/N-ethyl adjacent to an activating group) is 1. The van der Waals surface area contributed by atoms with Gasteiger partial charge in [0.1, 0.15) is 17.5 Å². The summed E-state index contributed by atoms with van der Waals surface area (Å²) < 4.78 is 0. The molecule has 0 aromatic carbocycles. The van der Waals surface area contributed by atoms with Crippen molar-refractivity contribution in [1.29, 1.82) is 0 Å². The minimum Gasteiger partial charge on any atom is -0.370 e. The first-order chi connectivity index (χ1) is 10.3. The van der Waals surface area contributed by atoms with E-state index in [9.17, 15) is 0 Å². The topological polar surface area (TPSA) is 53.1 Å². The zero-order chi connectivity index (χ0) is 14.7. The van der Waals surface area contributed by atoms with Crippen LogP contribution >= 0.6 is 0 Å². The highest BCUT2D eigenvalue weighted by Gasteiger charge is 2.28. The molecule has 116 valence electrons. The molecule has 1 aromatic rings. The van der Waals surface area contributed by atoms with E-state index >= 15 is 0 Å². The van der Waals surface area contributed by atoms with Crippen LogP contribution in [0.4, 0.5) is 11.6 Å². The molecule has 5 heteroatoms. The van der Waals surface area contributed by atoms with Crippen LogP contribution in [0, 0.1) is 0 Å². The molecular formula is C16H27N5. The Labute approximate surface area is 127 Å². The predicted octanol–water partition coefficient (Wildman–Crippen LogP) is 2.68. The third-order valence-corrected chi connectivity index (χ3v) is 4.35. The average Bonchev–Trinajstić information content (AvgIpc) is 3.32. The molecule has 3 rings (SSSR count). The van der Waals surface area contributed by atoms with Crippen molar-refractivity contribution in [2.24, 2.45) is 0 Å². The Morgan fingerprint density at radius 1 is 1.19 bits per heavy atom. The maximum absolute atomic E-state index is 4.74. The zero-order valence-electron chi connectivity index (χ0n) is 13.2. The second kappa shape index (κ2) is 6.60. The third-order valence-electron chi connectivity index (χ3n) is 4.35. The van der Waals surface area contributed by atoms with Crippen molar-refractivity contribution in [2.45, 2.75) is 51.5 Å². The number of aromatic nitrogens is 2. The van der Waals surface area contributed by atoms with E-state index < -0.39 is 0 Å². The Hall–Kier alpha value is -1.36. The quantitative estimate of drug-likeness (QED) is 0.843. The molecule has 1 aromatic heterocycles. The van der Waals surface area contributed by atoms with Crippen LogP contribution < -0.4 is 10.6 Å². The number of nitrogens with zero attached hydrogens (tertiary/aromatic N) is 3. The van der Waals surface area contributed by atoms with E-state index in [1.165, 1.54) is 32.2 Å². The van der Waals surface area contributed by atoms with E-state index in [4.69, 9.17) is 4.98 Å². The number of piperidine rings is 1. The summed E-state index contributed by atoms with van der Waals surface area (Å²) in [6.07, 6.45) is 4.98. The fraction of sp³-hybridized carbons (Fsp3) is 0.750. The number of hydrogen-bond donors (Lipinski definition) is 2. The molecule has 5 nitrogen and oxygen atoms in total. The van der Waals surface area contributed by atoms with Crippen molar-refractivity contribution in [1.82, 2.24) is 14.9 Å². The molecule has 0 spiro atoms. The number of likely N-dealkylation sites (tertiary alicyclic amines) is 1. The Kier molecular flexibility index (Phi) is 4.58. The van der Waals surface area contributed by atoms with Gasteiger partial charge in [-0.05, 0) is 45.7 Å². The molecule has 2 aliphatic rings. The molecule has 1 saturated carbocycles. The SMILES string of the molecule is CCNc1cc(NC2CCCN(CC)C2)nc(C2CC2)n1. The van der Waals surface area contributed by atoms with Gasteiger partial charge in [-0.3, -0.25) is 0 Å². The van der Waals surface area contributed by atoms with Crippen molar-refractivity contribution in [3.8, 4) is 0 Å². The lowest BCUT2D eigenvalue weighted by Crippen LogP contribution is -2.42. The summed E-state index contributed by atoms with van der Waals surface area (Å²) >= 11 is 0. The van der Waals surface area contributed by atoms with Crippen molar-refractivity contribution in [3.63, 3.8) is 0 Å². The van der Waals surface area contributed by atoms with Crippen LogP contribution in [0.1, 0.15) is 51.3 Å². The molecule has 2 heterocycles. The summed E-state index contributed by atoms with van der Waals surface area (Å²) in [5.41, 5.74) is 0. The highest BCUT2D eigenvalue weighted by atomic mass is 15.2. The molecule has 0 bridgehead atoms. The van der Waals surface area contributed by atoms with E-state index in [2.05, 4.69) is 40.4 Å². The maximum Gasteiger partial charge on any atom is 0.136 e. The normalized spacial score (nSPS) is 23.0. The van der Waals surface area contributed by atoms with Crippen LogP contribution in [-0.2, 0) is 0 Å². The van der Waals surface area contributed by atoms with Crippen LogP contribution in [0.3, 0.4) is 0 Å². The van der Waals surface area contributed by atoms with E-state index in [0.29, 0.717) is 12.0 Å². The molecule has 2 fully saturated rings. The summed E-state index contributed by atoms with van der Waals surface area (Å²) in [7, 11) is 0. The van der Waals surface area contributed by atoms with Crippen LogP contribution in [0.5, 0.6) is 0 Å². The Bertz CT molecular complexity index is 472. The molecule has 2 N–H and O–H groups in total. The average molecular weight is 289 g/mol. The van der Waals surface area contributed by atoms with E-state index in [0.717, 1.165) is 37.1 Å². The summed E-state index contributed by atoms with van der Waals surface area (Å²) in [6, 6.07) is 2.57. The molecular weight excluding hydrogens is 262 g/mol. The minimum atomic E-state index is 0.509. The van der Waals surface area contributed by atoms with Gasteiger partial charge in [-0.15, -0.1) is 0 Å². The molecule has 0 amide bonds. The smallest absolute Gasteiger partial charge is 0.136 e. The number of rotatable bonds is 6. The van der Waals surface area contributed by atoms with Crippen LogP contribution in [-0.4, -0.2) is 47.1 Å². The van der Waals surface area contributed by atoms with Gasteiger partial charge in [0.25, 0.3) is 0 Å². The summed E-state index contributed by atoms with van der Waals surface area (Å²) in [4.78, 5) is 11.9. The van der Waals surface area contributed by atoms with Crippen LogP contribution in [0.15, 0.2) is 6.07 Å². The molecule has 1 aliphatic carbocycles. The predicted molar refractivity (Wildman–Crippen MR) is 86.9 cm³/mol. The zero-order valence-corrected chi connectivity index (χ0v) is 13.2. The van der Waals surface area contributed by atoms with Gasteiger partial charge in [-0.25, -0.2) is 9.97 Å². The van der Waals surface area contributed by atoms with Crippen LogP contribution in [0.25, 0.3) is 0 Å². The van der Waals surface area contributed by atoms with E-state index in [1.807, 2.05) is 0 Å². The Morgan fingerprint density at radius 3 is 2.71 bits per heavy atom. The Balaban J connectivity index is 1.71. The van der Waals surface area contributed by atoms with E-state index in [1.54, 1.807) is 0 Å². The molecule has 21 heavy (non-hydrogen) atoms. The minimum absolute atomic E-state index is 0.509. The summed E-state index contributed by atoms with van der Waals surface area (Å²) in [5.74, 6) is 3.55. The van der Waals surface area contributed by atoms with Gasteiger partial charge in [-0.1, -0.05) is 6.92 Å². The van der Waals surface area contributed by atoms with Gasteiger partial charge < -0.3 is 15.5 Å². The molecule has 1 saturated heterocycles. The van der Waals surface area contributed by atoms with Gasteiger partial charge in [-0.2, -0.15) is 0 Å². The fourth-order valence-corrected chi connectivity index (χ4v) is 3.01. The van der Waals surface area contributed by atoms with Crippen molar-refractivity contribution in [2.75, 3.05) is 36.8 Å². The molecule has 1 aliphatic heterocycles. The standard InChI is InChI=1S/C16H27N5/c1-3-17-14-10-15(20-16(19-14)12-7-8-12)18-13-6-5-9-21(4-2)11-13/h10,12-13H,3-9,11H2,1-2H3,(H2,17,18,19,20). The largest absolute Gasteiger partial charge is 0.370 e. The lowest BCUT2D eigenvalue weighted by molar-refractivity contribution is 0.226. The third kappa shape index (κ3) is 3.84. The van der Waals surface area contributed by atoms with Gasteiger partial charge in [0.2, 0.25) is 0 Å². The highest BCUT2D eigenvalue weighted by molar-refractivity contribution is 5.48. The fourth-order valence-electron chi connectivity index (χ4n) is 3.01. The summed E-state index contributed by atoms with van der Waals surface area (Å²) in [6.45, 7) is 8.73. The summed E-state index contributed by atoms with van der Waals surface area (Å²) in [5, 5.41) is 6.96. The first-order valence-corrected chi connectivity index (χ1v) is 8.40. The van der Waals surface area contributed by atoms with Crippen LogP contribution in [0.2, 0.25) is 0 Å². The van der Waals surface area contributed by atoms with Gasteiger partial charge >= 0.3 is 0 Å². The van der Waals surface area contributed by atoms with Crippen molar-refractivity contribution < 1.29 is 0 Å². The van der Waals surface area contributed by atoms with Gasteiger partial charge in [0.15, 0.2) is 0 Å². The lowest BCUT2D eigenvalue weighted by Gasteiger charge is -2.32. The van der Waals surface area contributed by atoms with Gasteiger partial charge in [0, 0.05) is 31.1 Å². The van der Waals surface area contributed by atoms with Crippen molar-refractivity contribution >= 4 is 11.6 Å². The molecule has 0 radical (unpaired) electrons. The number of anilines is 2. The van der Waals surface area contributed by atoms with E-state index in [-0.39, 0.29) is 0 Å². The van der Waals surface area contributed by atoms with Crippen molar-refractivity contribution in [3.05, 3.63) is 11.9 Å². The highest BCUT2D eigenvalue weighted by Crippen LogP contribution is 2.38. The number of hydrogen-bond acceptors (Lipinski definition) is 5. The monoisotopic (exact) mass is 289 g/mol. The first kappa shape index (κ1) is 14.6. The second-order valence-electron chi connectivity index (χ2n) is 6.18. The Morgan fingerprint density at radius 2 is 2.00 bits per heavy atom. The second-order valence-corrected chi connectivity index (χ2v) is 6.18. The maximum atomic E-state index is 4.74. The first-order valence-electron chi connectivity index (χ1n) is 8.40. The number of nitrogens with one attached hydrogen (secondary N) is 2. The lowest BCUT2D eigenvalue weighted by atomic mass is 10.1.